The van der Waals surface area contributed by atoms with Crippen LogP contribution in [0.1, 0.15) is 13.8 Å². The van der Waals surface area contributed by atoms with E-state index >= 15 is 0 Å². The Morgan fingerprint density at radius 2 is 2.14 bits per heavy atom. The van der Waals surface area contributed by atoms with E-state index in [1.165, 1.54) is 30.0 Å². The van der Waals surface area contributed by atoms with Gasteiger partial charge < -0.3 is 15.0 Å². The topological polar surface area (TPSA) is 93.5 Å². The van der Waals surface area contributed by atoms with E-state index in [0.29, 0.717) is 21.4 Å². The van der Waals surface area contributed by atoms with E-state index in [0.717, 1.165) is 4.68 Å². The number of fused-ring (bicyclic) bond motifs is 1. The highest BCUT2D eigenvalue weighted by Gasteiger charge is 2.30. The summed E-state index contributed by atoms with van der Waals surface area (Å²) < 4.78 is 6.12. The van der Waals surface area contributed by atoms with Gasteiger partial charge in [-0.1, -0.05) is 11.6 Å². The maximum atomic E-state index is 12.9. The molecule has 1 aromatic carbocycles. The molecule has 0 spiro atoms. The van der Waals surface area contributed by atoms with E-state index in [-0.39, 0.29) is 29.9 Å². The summed E-state index contributed by atoms with van der Waals surface area (Å²) >= 11 is 7.33. The molecule has 0 saturated carbocycles. The zero-order valence-corrected chi connectivity index (χ0v) is 17.1. The van der Waals surface area contributed by atoms with E-state index in [1.54, 1.807) is 18.2 Å². The summed E-state index contributed by atoms with van der Waals surface area (Å²) in [5.41, 5.74) is 0.262. The number of hydrogen-bond acceptors (Lipinski definition) is 6. The Balaban J connectivity index is 1.83. The monoisotopic (exact) mass is 422 g/mol. The number of amides is 2. The Labute approximate surface area is 170 Å². The number of carbonyl (C=O) groups is 2. The van der Waals surface area contributed by atoms with E-state index < -0.39 is 11.5 Å². The summed E-state index contributed by atoms with van der Waals surface area (Å²) in [6.45, 7) is 3.38. The molecule has 8 nitrogen and oxygen atoms in total. The maximum absolute atomic E-state index is 12.9. The summed E-state index contributed by atoms with van der Waals surface area (Å²) in [5, 5.41) is 7.10. The predicted molar refractivity (Wildman–Crippen MR) is 108 cm³/mol. The number of methoxy groups -OCH3 is 1. The van der Waals surface area contributed by atoms with Gasteiger partial charge in [0.15, 0.2) is 0 Å². The Morgan fingerprint density at radius 1 is 1.39 bits per heavy atom. The minimum atomic E-state index is -0.477. The molecule has 0 unspecified atom stereocenters. The van der Waals surface area contributed by atoms with Gasteiger partial charge in [0.25, 0.3) is 5.56 Å². The fraction of sp³-hybridized carbons (Fsp3) is 0.333. The summed E-state index contributed by atoms with van der Waals surface area (Å²) in [5.74, 6) is 0.166. The first-order valence-corrected chi connectivity index (χ1v) is 9.86. The van der Waals surface area contributed by atoms with Crippen molar-refractivity contribution in [3.8, 4) is 5.75 Å². The molecule has 3 rings (SSSR count). The van der Waals surface area contributed by atoms with Crippen LogP contribution in [0.2, 0.25) is 5.02 Å². The summed E-state index contributed by atoms with van der Waals surface area (Å²) in [4.78, 5) is 39.6. The lowest BCUT2D eigenvalue weighted by atomic mass is 10.2. The van der Waals surface area contributed by atoms with Crippen LogP contribution in [0, 0.1) is 0 Å². The number of carbonyl (C=O) groups excluding carboxylic acids is 2. The molecule has 0 saturated heterocycles. The van der Waals surface area contributed by atoms with Crippen molar-refractivity contribution >= 4 is 46.6 Å². The van der Waals surface area contributed by atoms with Crippen LogP contribution in [0.4, 0.5) is 11.4 Å². The van der Waals surface area contributed by atoms with E-state index in [4.69, 9.17) is 16.3 Å². The Kier molecular flexibility index (Phi) is 5.95. The average Bonchev–Trinajstić information content (AvgIpc) is 2.64. The Morgan fingerprint density at radius 3 is 2.79 bits per heavy atom. The van der Waals surface area contributed by atoms with Gasteiger partial charge in [0.05, 0.1) is 29.0 Å². The van der Waals surface area contributed by atoms with Crippen LogP contribution in [0.15, 0.2) is 34.1 Å². The SMILES string of the molecule is COc1ccc(NC(=O)Cn2ncc3c(c2=O)N(C(C)C)C(=O)CS3)cc1Cl. The van der Waals surface area contributed by atoms with Crippen LogP contribution in [0.3, 0.4) is 0 Å². The lowest BCUT2D eigenvalue weighted by molar-refractivity contribution is -0.117. The maximum Gasteiger partial charge on any atom is 0.292 e. The molecule has 0 bridgehead atoms. The molecule has 1 aliphatic heterocycles. The van der Waals surface area contributed by atoms with Crippen molar-refractivity contribution in [1.29, 1.82) is 0 Å². The minimum absolute atomic E-state index is 0.139. The summed E-state index contributed by atoms with van der Waals surface area (Å²) in [6, 6.07) is 4.65. The second kappa shape index (κ2) is 8.24. The number of hydrogen-bond donors (Lipinski definition) is 1. The van der Waals surface area contributed by atoms with Crippen molar-refractivity contribution < 1.29 is 14.3 Å². The predicted octanol–water partition coefficient (Wildman–Crippen LogP) is 2.39. The number of aromatic nitrogens is 2. The Hall–Kier alpha value is -2.52. The molecular weight excluding hydrogens is 404 g/mol. The second-order valence-electron chi connectivity index (χ2n) is 6.36. The molecule has 2 heterocycles. The molecule has 0 aliphatic carbocycles. The second-order valence-corrected chi connectivity index (χ2v) is 7.79. The Bertz CT molecular complexity index is 992. The lowest BCUT2D eigenvalue weighted by Gasteiger charge is -2.31. The number of anilines is 2. The third-order valence-corrected chi connectivity index (χ3v) is 5.39. The zero-order valence-electron chi connectivity index (χ0n) is 15.6. The van der Waals surface area contributed by atoms with Gasteiger partial charge >= 0.3 is 0 Å². The minimum Gasteiger partial charge on any atom is -0.495 e. The normalized spacial score (nSPS) is 13.5. The number of thioether (sulfide) groups is 1. The molecule has 10 heteroatoms. The number of rotatable bonds is 5. The van der Waals surface area contributed by atoms with Gasteiger partial charge in [0.2, 0.25) is 11.8 Å². The zero-order chi connectivity index (χ0) is 20.4. The van der Waals surface area contributed by atoms with E-state index in [2.05, 4.69) is 10.4 Å². The van der Waals surface area contributed by atoms with Crippen molar-refractivity contribution in [2.45, 2.75) is 31.3 Å². The van der Waals surface area contributed by atoms with Crippen LogP contribution in [-0.4, -0.2) is 40.5 Å². The van der Waals surface area contributed by atoms with Crippen LogP contribution >= 0.6 is 23.4 Å². The highest BCUT2D eigenvalue weighted by atomic mass is 35.5. The van der Waals surface area contributed by atoms with Crippen LogP contribution in [0.5, 0.6) is 5.75 Å². The molecule has 2 amide bonds. The molecule has 0 radical (unpaired) electrons. The molecule has 28 heavy (non-hydrogen) atoms. The summed E-state index contributed by atoms with van der Waals surface area (Å²) in [7, 11) is 1.50. The van der Waals surface area contributed by atoms with E-state index in [9.17, 15) is 14.4 Å². The lowest BCUT2D eigenvalue weighted by Crippen LogP contribution is -2.45. The highest BCUT2D eigenvalue weighted by Crippen LogP contribution is 2.33. The molecule has 1 aliphatic rings. The van der Waals surface area contributed by atoms with Crippen molar-refractivity contribution in [3.05, 3.63) is 39.8 Å². The third-order valence-electron chi connectivity index (χ3n) is 4.09. The van der Waals surface area contributed by atoms with Gasteiger partial charge in [-0.2, -0.15) is 5.10 Å². The average molecular weight is 423 g/mol. The molecule has 148 valence electrons. The number of nitrogens with one attached hydrogen (secondary N) is 1. The number of nitrogens with zero attached hydrogens (tertiary/aromatic N) is 3. The van der Waals surface area contributed by atoms with Gasteiger partial charge in [-0.3, -0.25) is 14.4 Å². The fourth-order valence-corrected chi connectivity index (χ4v) is 3.98. The molecule has 1 N–H and O–H groups in total. The largest absolute Gasteiger partial charge is 0.495 e. The number of halogens is 1. The first kappa shape index (κ1) is 20.2. The van der Waals surface area contributed by atoms with Gasteiger partial charge in [0.1, 0.15) is 18.0 Å². The van der Waals surface area contributed by atoms with Crippen molar-refractivity contribution in [1.82, 2.24) is 9.78 Å². The highest BCUT2D eigenvalue weighted by molar-refractivity contribution is 8.00. The molecule has 1 aromatic heterocycles. The van der Waals surface area contributed by atoms with Crippen LogP contribution in [0.25, 0.3) is 0 Å². The fourth-order valence-electron chi connectivity index (χ4n) is 2.86. The van der Waals surface area contributed by atoms with Gasteiger partial charge in [-0.15, -0.1) is 11.8 Å². The quantitative estimate of drug-likeness (QED) is 0.795. The van der Waals surface area contributed by atoms with Crippen LogP contribution < -0.4 is 20.5 Å². The first-order valence-electron chi connectivity index (χ1n) is 8.50. The van der Waals surface area contributed by atoms with Crippen molar-refractivity contribution in [2.75, 3.05) is 23.1 Å². The smallest absolute Gasteiger partial charge is 0.292 e. The molecule has 0 fully saturated rings. The van der Waals surface area contributed by atoms with Crippen LogP contribution in [-0.2, 0) is 16.1 Å². The molecule has 0 atom stereocenters. The summed E-state index contributed by atoms with van der Waals surface area (Å²) in [6.07, 6.45) is 1.51. The molecular formula is C18H19ClN4O4S. The third kappa shape index (κ3) is 4.00. The van der Waals surface area contributed by atoms with E-state index in [1.807, 2.05) is 13.8 Å². The van der Waals surface area contributed by atoms with Crippen molar-refractivity contribution in [2.24, 2.45) is 0 Å². The number of benzene rings is 1. The standard InChI is InChI=1S/C18H19ClN4O4S/c1-10(2)23-16(25)9-28-14-7-20-22(18(26)17(14)23)8-15(24)21-11-4-5-13(27-3)12(19)6-11/h4-7,10H,8-9H2,1-3H3,(H,21,24). The first-order chi connectivity index (χ1) is 13.3. The number of ether oxygens (including phenoxy) is 1. The van der Waals surface area contributed by atoms with Crippen molar-refractivity contribution in [3.63, 3.8) is 0 Å². The van der Waals surface area contributed by atoms with Gasteiger partial charge in [0, 0.05) is 11.7 Å². The molecule has 2 aromatic rings. The van der Waals surface area contributed by atoms with Gasteiger partial charge in [-0.05, 0) is 32.0 Å². The van der Waals surface area contributed by atoms with Gasteiger partial charge in [-0.25, -0.2) is 4.68 Å².